The largest absolute Gasteiger partial charge is 0.478 e. The number of rotatable bonds is 1. The molecule has 1 rings (SSSR count). The predicted molar refractivity (Wildman–Crippen MR) is 53.4 cm³/mol. The van der Waals surface area contributed by atoms with Gasteiger partial charge in [-0.2, -0.15) is 0 Å². The van der Waals surface area contributed by atoms with E-state index in [9.17, 15) is 4.79 Å². The van der Waals surface area contributed by atoms with Gasteiger partial charge in [0.25, 0.3) is 0 Å². The molecule has 0 unspecified atom stereocenters. The Labute approximate surface area is 83.2 Å². The van der Waals surface area contributed by atoms with Crippen LogP contribution in [0.1, 0.15) is 10.4 Å². The van der Waals surface area contributed by atoms with Crippen LogP contribution in [-0.4, -0.2) is 11.1 Å². The minimum Gasteiger partial charge on any atom is -0.478 e. The fourth-order valence-electron chi connectivity index (χ4n) is 0.686. The second-order valence-corrected chi connectivity index (χ2v) is 3.69. The van der Waals surface area contributed by atoms with Crippen molar-refractivity contribution in [2.75, 3.05) is 0 Å². The van der Waals surface area contributed by atoms with Crippen LogP contribution >= 0.6 is 35.2 Å². The number of benzene rings is 1. The summed E-state index contributed by atoms with van der Waals surface area (Å²) in [5.74, 6) is -0.939. The monoisotopic (exact) mass is 280 g/mol. The van der Waals surface area contributed by atoms with Crippen LogP contribution in [-0.2, 0) is 0 Å². The Morgan fingerprint density at radius 1 is 1.55 bits per heavy atom. The van der Waals surface area contributed by atoms with E-state index in [1.54, 1.807) is 18.2 Å². The van der Waals surface area contributed by atoms with Gasteiger partial charge in [-0.3, -0.25) is 0 Å². The van der Waals surface area contributed by atoms with Gasteiger partial charge in [0.2, 0.25) is 0 Å². The quantitative estimate of drug-likeness (QED) is 0.611. The molecule has 1 aromatic carbocycles. The molecule has 0 aliphatic heterocycles. The standard InChI is InChI=1S/C7H5IO2S/c8-4-1-2-5(7(9)10)6(11)3-4/h1-3,11H,(H,9,10). The molecule has 0 fully saturated rings. The lowest BCUT2D eigenvalue weighted by Crippen LogP contribution is -1.97. The van der Waals surface area contributed by atoms with Gasteiger partial charge in [0, 0.05) is 8.47 Å². The van der Waals surface area contributed by atoms with Crippen LogP contribution < -0.4 is 0 Å². The average molecular weight is 280 g/mol. The van der Waals surface area contributed by atoms with E-state index in [1.807, 2.05) is 0 Å². The van der Waals surface area contributed by atoms with Crippen molar-refractivity contribution in [3.63, 3.8) is 0 Å². The van der Waals surface area contributed by atoms with Crippen molar-refractivity contribution in [1.29, 1.82) is 0 Å². The van der Waals surface area contributed by atoms with E-state index >= 15 is 0 Å². The molecule has 0 spiro atoms. The summed E-state index contributed by atoms with van der Waals surface area (Å²) in [5, 5.41) is 8.61. The summed E-state index contributed by atoms with van der Waals surface area (Å²) in [6.07, 6.45) is 0. The summed E-state index contributed by atoms with van der Waals surface area (Å²) in [6, 6.07) is 5.00. The van der Waals surface area contributed by atoms with Crippen LogP contribution in [0.3, 0.4) is 0 Å². The zero-order valence-corrected chi connectivity index (χ0v) is 8.46. The molecular weight excluding hydrogens is 275 g/mol. The van der Waals surface area contributed by atoms with Crippen LogP contribution in [0, 0.1) is 3.57 Å². The molecule has 0 bridgehead atoms. The lowest BCUT2D eigenvalue weighted by atomic mass is 10.2. The fraction of sp³-hybridized carbons (Fsp3) is 0. The van der Waals surface area contributed by atoms with Crippen molar-refractivity contribution in [3.05, 3.63) is 27.3 Å². The van der Waals surface area contributed by atoms with Gasteiger partial charge in [-0.05, 0) is 40.8 Å². The fourth-order valence-corrected chi connectivity index (χ4v) is 1.73. The maximum atomic E-state index is 10.5. The molecule has 2 nitrogen and oxygen atoms in total. The first-order valence-electron chi connectivity index (χ1n) is 2.83. The first kappa shape index (κ1) is 8.86. The number of hydrogen-bond donors (Lipinski definition) is 2. The van der Waals surface area contributed by atoms with Gasteiger partial charge in [-0.1, -0.05) is 0 Å². The van der Waals surface area contributed by atoms with Crippen molar-refractivity contribution < 1.29 is 9.90 Å². The molecule has 0 amide bonds. The number of carbonyl (C=O) groups is 1. The molecule has 11 heavy (non-hydrogen) atoms. The predicted octanol–water partition coefficient (Wildman–Crippen LogP) is 2.28. The number of aromatic carboxylic acids is 1. The van der Waals surface area contributed by atoms with Crippen LogP contribution in [0.2, 0.25) is 0 Å². The number of carboxylic acids is 1. The topological polar surface area (TPSA) is 37.3 Å². The van der Waals surface area contributed by atoms with Crippen LogP contribution in [0.15, 0.2) is 23.1 Å². The van der Waals surface area contributed by atoms with E-state index in [1.165, 1.54) is 0 Å². The number of hydrogen-bond acceptors (Lipinski definition) is 2. The molecule has 0 heterocycles. The molecule has 0 saturated heterocycles. The number of thiol groups is 1. The highest BCUT2D eigenvalue weighted by Crippen LogP contribution is 2.16. The minimum absolute atomic E-state index is 0.244. The molecule has 4 heteroatoms. The van der Waals surface area contributed by atoms with Crippen LogP contribution in [0.5, 0.6) is 0 Å². The van der Waals surface area contributed by atoms with Crippen LogP contribution in [0.25, 0.3) is 0 Å². The normalized spacial score (nSPS) is 9.64. The minimum atomic E-state index is -0.939. The Hall–Kier alpha value is -0.230. The third-order valence-electron chi connectivity index (χ3n) is 1.19. The summed E-state index contributed by atoms with van der Waals surface area (Å²) in [4.78, 5) is 11.0. The SMILES string of the molecule is O=C(O)c1ccc(I)cc1S. The molecule has 1 N–H and O–H groups in total. The molecule has 0 radical (unpaired) electrons. The van der Waals surface area contributed by atoms with Crippen molar-refractivity contribution in [3.8, 4) is 0 Å². The van der Waals surface area contributed by atoms with Gasteiger partial charge in [-0.15, -0.1) is 12.6 Å². The van der Waals surface area contributed by atoms with E-state index in [-0.39, 0.29) is 5.56 Å². The number of halogens is 1. The lowest BCUT2D eigenvalue weighted by molar-refractivity contribution is 0.0693. The van der Waals surface area contributed by atoms with Gasteiger partial charge in [0.15, 0.2) is 0 Å². The molecule has 0 aliphatic carbocycles. The second kappa shape index (κ2) is 3.44. The van der Waals surface area contributed by atoms with E-state index in [4.69, 9.17) is 5.11 Å². The average Bonchev–Trinajstić information content (AvgIpc) is 1.85. The molecule has 0 aliphatic rings. The lowest BCUT2D eigenvalue weighted by Gasteiger charge is -1.98. The van der Waals surface area contributed by atoms with Gasteiger partial charge in [0.1, 0.15) is 0 Å². The van der Waals surface area contributed by atoms with Gasteiger partial charge < -0.3 is 5.11 Å². The van der Waals surface area contributed by atoms with Crippen molar-refractivity contribution in [2.24, 2.45) is 0 Å². The van der Waals surface area contributed by atoms with Gasteiger partial charge in [0.05, 0.1) is 5.56 Å². The van der Waals surface area contributed by atoms with E-state index in [0.29, 0.717) is 4.90 Å². The zero-order valence-electron chi connectivity index (χ0n) is 5.41. The number of carboxylic acid groups (broad SMARTS) is 1. The summed E-state index contributed by atoms with van der Waals surface area (Å²) < 4.78 is 0.984. The molecule has 0 saturated carbocycles. The molecule has 58 valence electrons. The van der Waals surface area contributed by atoms with E-state index in [0.717, 1.165) is 3.57 Å². The van der Waals surface area contributed by atoms with Crippen molar-refractivity contribution in [2.45, 2.75) is 4.90 Å². The Bertz CT molecular complexity index is 298. The third kappa shape index (κ3) is 2.10. The van der Waals surface area contributed by atoms with Crippen molar-refractivity contribution >= 4 is 41.2 Å². The zero-order chi connectivity index (χ0) is 8.43. The van der Waals surface area contributed by atoms with E-state index in [2.05, 4.69) is 35.2 Å². The van der Waals surface area contributed by atoms with Crippen LogP contribution in [0.4, 0.5) is 0 Å². The summed E-state index contributed by atoms with van der Waals surface area (Å²) in [7, 11) is 0. The highest BCUT2D eigenvalue weighted by molar-refractivity contribution is 14.1. The first-order chi connectivity index (χ1) is 5.11. The second-order valence-electron chi connectivity index (χ2n) is 1.97. The molecule has 1 aromatic rings. The highest BCUT2D eigenvalue weighted by Gasteiger charge is 2.06. The van der Waals surface area contributed by atoms with Crippen molar-refractivity contribution in [1.82, 2.24) is 0 Å². The Morgan fingerprint density at radius 3 is 2.64 bits per heavy atom. The summed E-state index contributed by atoms with van der Waals surface area (Å²) in [5.41, 5.74) is 0.244. The Kier molecular flexibility index (Phi) is 2.78. The first-order valence-corrected chi connectivity index (χ1v) is 4.35. The van der Waals surface area contributed by atoms with Gasteiger partial charge in [-0.25, -0.2) is 4.79 Å². The maximum Gasteiger partial charge on any atom is 0.336 e. The molecular formula is C7H5IO2S. The Morgan fingerprint density at radius 2 is 2.18 bits per heavy atom. The van der Waals surface area contributed by atoms with Gasteiger partial charge >= 0.3 is 5.97 Å². The Balaban J connectivity index is 3.20. The summed E-state index contributed by atoms with van der Waals surface area (Å²) in [6.45, 7) is 0. The molecule has 0 atom stereocenters. The summed E-state index contributed by atoms with van der Waals surface area (Å²) >= 11 is 6.13. The highest BCUT2D eigenvalue weighted by atomic mass is 127. The maximum absolute atomic E-state index is 10.5. The molecule has 0 aromatic heterocycles. The van der Waals surface area contributed by atoms with E-state index < -0.39 is 5.97 Å². The smallest absolute Gasteiger partial charge is 0.336 e. The third-order valence-corrected chi connectivity index (χ3v) is 2.23.